The predicted molar refractivity (Wildman–Crippen MR) is 254 cm³/mol. The molecule has 0 saturated carbocycles. The minimum Gasteiger partial charge on any atom is -0.391 e. The largest absolute Gasteiger partial charge is 0.472 e. The third kappa shape index (κ3) is 45.1. The second-order valence-electron chi connectivity index (χ2n) is 18.9. The van der Waals surface area contributed by atoms with E-state index >= 15 is 0 Å². The van der Waals surface area contributed by atoms with Crippen LogP contribution < -0.4 is 5.32 Å². The van der Waals surface area contributed by atoms with Gasteiger partial charge < -0.3 is 19.8 Å². The molecule has 0 fully saturated rings. The molecular formula is C50H102N2O6P+. The monoisotopic (exact) mass is 858 g/mol. The number of rotatable bonds is 47. The summed E-state index contributed by atoms with van der Waals surface area (Å²) in [7, 11) is 1.62. The van der Waals surface area contributed by atoms with E-state index in [-0.39, 0.29) is 19.1 Å². The maximum Gasteiger partial charge on any atom is 0.472 e. The van der Waals surface area contributed by atoms with Crippen molar-refractivity contribution >= 4 is 13.7 Å². The number of carbonyl (C=O) groups excluding carboxylic acids is 1. The number of aliphatic hydroxyl groups is 1. The highest BCUT2D eigenvalue weighted by molar-refractivity contribution is 7.47. The molecule has 0 aromatic heterocycles. The summed E-state index contributed by atoms with van der Waals surface area (Å²) in [5.74, 6) is -0.158. The molecular weight excluding hydrogens is 756 g/mol. The molecule has 9 heteroatoms. The quantitative estimate of drug-likeness (QED) is 0.0244. The molecule has 0 heterocycles. The van der Waals surface area contributed by atoms with Crippen LogP contribution >= 0.6 is 7.82 Å². The van der Waals surface area contributed by atoms with Crippen LogP contribution in [0.15, 0.2) is 12.2 Å². The van der Waals surface area contributed by atoms with Crippen LogP contribution in [0.4, 0.5) is 0 Å². The van der Waals surface area contributed by atoms with E-state index in [1.165, 1.54) is 173 Å². The number of unbranched alkanes of at least 4 members (excludes halogenated alkanes) is 32. The van der Waals surface area contributed by atoms with Crippen molar-refractivity contribution < 1.29 is 32.9 Å². The van der Waals surface area contributed by atoms with Crippen LogP contribution in [0.25, 0.3) is 0 Å². The second-order valence-corrected chi connectivity index (χ2v) is 20.4. The van der Waals surface area contributed by atoms with Crippen molar-refractivity contribution in [1.29, 1.82) is 0 Å². The van der Waals surface area contributed by atoms with Gasteiger partial charge in [-0.3, -0.25) is 13.8 Å². The molecule has 0 aliphatic carbocycles. The lowest BCUT2D eigenvalue weighted by atomic mass is 10.0. The molecule has 3 unspecified atom stereocenters. The van der Waals surface area contributed by atoms with Crippen molar-refractivity contribution in [2.75, 3.05) is 40.9 Å². The molecule has 0 saturated heterocycles. The second kappa shape index (κ2) is 42.5. The van der Waals surface area contributed by atoms with Gasteiger partial charge in [0.25, 0.3) is 0 Å². The smallest absolute Gasteiger partial charge is 0.391 e. The van der Waals surface area contributed by atoms with Crippen molar-refractivity contribution in [3.8, 4) is 0 Å². The third-order valence-corrected chi connectivity index (χ3v) is 12.7. The number of aliphatic hydroxyl groups excluding tert-OH is 1. The van der Waals surface area contributed by atoms with E-state index in [0.717, 1.165) is 51.4 Å². The molecule has 3 N–H and O–H groups in total. The fourth-order valence-corrected chi connectivity index (χ4v) is 8.43. The standard InChI is InChI=1S/C50H101N2O6P/c1-6-8-10-12-14-16-18-20-21-22-23-24-25-26-27-28-29-30-32-33-35-37-39-41-43-49(53)48(47-58-59(55,56)57-46-45-52(3,4)5)51-50(54)44-42-40-38-36-34-31-19-17-15-13-11-9-7-2/h31,34,48-49,53H,6-30,32-33,35-47H2,1-5H3,(H-,51,54,55,56)/p+1/b34-31-. The highest BCUT2D eigenvalue weighted by atomic mass is 31.2. The van der Waals surface area contributed by atoms with Crippen LogP contribution in [0.2, 0.25) is 0 Å². The Morgan fingerprint density at radius 2 is 0.915 bits per heavy atom. The van der Waals surface area contributed by atoms with E-state index in [2.05, 4.69) is 31.3 Å². The van der Waals surface area contributed by atoms with Crippen molar-refractivity contribution in [3.63, 3.8) is 0 Å². The van der Waals surface area contributed by atoms with Crippen molar-refractivity contribution in [2.24, 2.45) is 0 Å². The van der Waals surface area contributed by atoms with Crippen molar-refractivity contribution in [3.05, 3.63) is 12.2 Å². The van der Waals surface area contributed by atoms with Crippen LogP contribution in [0.5, 0.6) is 0 Å². The van der Waals surface area contributed by atoms with Crippen LogP contribution in [-0.2, 0) is 18.4 Å². The first-order valence-electron chi connectivity index (χ1n) is 25.6. The molecule has 0 spiro atoms. The molecule has 0 bridgehead atoms. The number of hydrogen-bond donors (Lipinski definition) is 3. The summed E-state index contributed by atoms with van der Waals surface area (Å²) in [6, 6.07) is -0.764. The van der Waals surface area contributed by atoms with Gasteiger partial charge in [0.15, 0.2) is 0 Å². The van der Waals surface area contributed by atoms with Crippen LogP contribution in [0, 0.1) is 0 Å². The van der Waals surface area contributed by atoms with E-state index in [4.69, 9.17) is 9.05 Å². The Morgan fingerprint density at radius 3 is 1.31 bits per heavy atom. The fraction of sp³-hybridized carbons (Fsp3) is 0.940. The number of nitrogens with one attached hydrogen (secondary N) is 1. The van der Waals surface area contributed by atoms with Gasteiger partial charge in [-0.1, -0.05) is 219 Å². The van der Waals surface area contributed by atoms with E-state index in [1.807, 2.05) is 21.1 Å². The van der Waals surface area contributed by atoms with Gasteiger partial charge in [0, 0.05) is 6.42 Å². The zero-order valence-electron chi connectivity index (χ0n) is 40.0. The third-order valence-electron chi connectivity index (χ3n) is 11.8. The normalized spacial score (nSPS) is 14.2. The lowest BCUT2D eigenvalue weighted by Crippen LogP contribution is -2.46. The first kappa shape index (κ1) is 58.2. The Bertz CT molecular complexity index is 974. The highest BCUT2D eigenvalue weighted by Crippen LogP contribution is 2.43. The maximum absolute atomic E-state index is 12.9. The number of carbonyl (C=O) groups is 1. The van der Waals surface area contributed by atoms with Crippen LogP contribution in [-0.4, -0.2) is 73.4 Å². The van der Waals surface area contributed by atoms with Gasteiger partial charge in [0.05, 0.1) is 39.9 Å². The summed E-state index contributed by atoms with van der Waals surface area (Å²) >= 11 is 0. The van der Waals surface area contributed by atoms with Gasteiger partial charge in [-0.2, -0.15) is 0 Å². The number of phosphoric ester groups is 1. The summed E-state index contributed by atoms with van der Waals surface area (Å²) in [5, 5.41) is 14.0. The lowest BCUT2D eigenvalue weighted by molar-refractivity contribution is -0.870. The lowest BCUT2D eigenvalue weighted by Gasteiger charge is -2.26. The van der Waals surface area contributed by atoms with E-state index < -0.39 is 20.0 Å². The van der Waals surface area contributed by atoms with E-state index in [9.17, 15) is 19.4 Å². The first-order valence-corrected chi connectivity index (χ1v) is 27.0. The molecule has 0 aromatic rings. The molecule has 352 valence electrons. The highest BCUT2D eigenvalue weighted by Gasteiger charge is 2.28. The molecule has 1 amide bonds. The Hall–Kier alpha value is -0.760. The number of hydrogen-bond acceptors (Lipinski definition) is 5. The van der Waals surface area contributed by atoms with Crippen LogP contribution in [0.1, 0.15) is 251 Å². The average Bonchev–Trinajstić information content (AvgIpc) is 3.19. The van der Waals surface area contributed by atoms with Gasteiger partial charge in [0.2, 0.25) is 5.91 Å². The summed E-state index contributed by atoms with van der Waals surface area (Å²) < 4.78 is 23.7. The summed E-state index contributed by atoms with van der Waals surface area (Å²) in [6.45, 7) is 4.89. The van der Waals surface area contributed by atoms with Crippen molar-refractivity contribution in [1.82, 2.24) is 5.32 Å². The number of likely N-dealkylation sites (N-methyl/N-ethyl adjacent to an activating group) is 1. The molecule has 3 atom stereocenters. The van der Waals surface area contributed by atoms with Crippen LogP contribution in [0.3, 0.4) is 0 Å². The molecule has 0 aliphatic rings. The van der Waals surface area contributed by atoms with Crippen molar-refractivity contribution in [2.45, 2.75) is 264 Å². The topological polar surface area (TPSA) is 105 Å². The van der Waals surface area contributed by atoms with Gasteiger partial charge in [-0.15, -0.1) is 0 Å². The Morgan fingerprint density at radius 1 is 0.559 bits per heavy atom. The van der Waals surface area contributed by atoms with Gasteiger partial charge in [-0.25, -0.2) is 4.57 Å². The molecule has 0 aromatic carbocycles. The minimum absolute atomic E-state index is 0.0740. The number of phosphoric acid groups is 1. The van der Waals surface area contributed by atoms with Gasteiger partial charge >= 0.3 is 7.82 Å². The zero-order chi connectivity index (χ0) is 43.6. The van der Waals surface area contributed by atoms with Gasteiger partial charge in [0.1, 0.15) is 13.2 Å². The van der Waals surface area contributed by atoms with E-state index in [1.54, 1.807) is 0 Å². The minimum atomic E-state index is -4.32. The Labute approximate surface area is 367 Å². The number of allylic oxidation sites excluding steroid dienone is 2. The SMILES string of the molecule is CCCCCCCC/C=C\CCCCCC(=O)NC(COP(=O)(O)OCC[N+](C)(C)C)C(O)CCCCCCCCCCCCCCCCCCCCCCCCCC. The molecule has 59 heavy (non-hydrogen) atoms. The number of nitrogens with zero attached hydrogens (tertiary/aromatic N) is 1. The summed E-state index contributed by atoms with van der Waals surface area (Å²) in [6.07, 6.45) is 49.7. The molecule has 0 aliphatic heterocycles. The molecule has 0 radical (unpaired) electrons. The molecule has 0 rings (SSSR count). The first-order chi connectivity index (χ1) is 28.5. The van der Waals surface area contributed by atoms with Gasteiger partial charge in [-0.05, 0) is 38.5 Å². The summed E-state index contributed by atoms with van der Waals surface area (Å²) in [5.41, 5.74) is 0. The summed E-state index contributed by atoms with van der Waals surface area (Å²) in [4.78, 5) is 23.2. The average molecular weight is 858 g/mol. The number of quaternary nitrogens is 1. The zero-order valence-corrected chi connectivity index (χ0v) is 40.9. The Balaban J connectivity index is 4.18. The number of amides is 1. The maximum atomic E-state index is 12.9. The Kier molecular flexibility index (Phi) is 42.0. The van der Waals surface area contributed by atoms with E-state index in [0.29, 0.717) is 23.9 Å². The molecule has 8 nitrogen and oxygen atoms in total. The fourth-order valence-electron chi connectivity index (χ4n) is 7.69. The predicted octanol–water partition coefficient (Wildman–Crippen LogP) is 14.7.